The summed E-state index contributed by atoms with van der Waals surface area (Å²) >= 11 is 0. The first kappa shape index (κ1) is 12.5. The summed E-state index contributed by atoms with van der Waals surface area (Å²) in [5, 5.41) is 9.54. The Morgan fingerprint density at radius 2 is 2.27 bits per heavy atom. The molecule has 1 aliphatic rings. The van der Waals surface area contributed by atoms with E-state index in [1.807, 2.05) is 13.0 Å². The van der Waals surface area contributed by atoms with Crippen LogP contribution >= 0.6 is 0 Å². The van der Waals surface area contributed by atoms with Crippen molar-refractivity contribution in [1.82, 2.24) is 0 Å². The maximum absolute atomic E-state index is 9.54. The van der Waals surface area contributed by atoms with Gasteiger partial charge >= 0.3 is 0 Å². The average Bonchev–Trinajstić information content (AvgIpc) is 2.15. The summed E-state index contributed by atoms with van der Waals surface area (Å²) in [5.74, 6) is 0.493. The number of aliphatic hydroxyl groups excluding tert-OH is 1. The van der Waals surface area contributed by atoms with Crippen LogP contribution in [-0.2, 0) is 0 Å². The number of aliphatic hydroxyl groups is 1. The lowest BCUT2D eigenvalue weighted by molar-refractivity contribution is 0.214. The van der Waals surface area contributed by atoms with Gasteiger partial charge in [-0.1, -0.05) is 44.6 Å². The Balaban J connectivity index is 2.76. The van der Waals surface area contributed by atoms with Crippen LogP contribution in [0.25, 0.3) is 0 Å². The smallest absolute Gasteiger partial charge is 0.0718 e. The molecule has 1 heteroatoms. The highest BCUT2D eigenvalue weighted by Gasteiger charge is 2.30. The summed E-state index contributed by atoms with van der Waals surface area (Å²) in [7, 11) is 0. The molecule has 0 aromatic heterocycles. The van der Waals surface area contributed by atoms with E-state index in [0.29, 0.717) is 11.3 Å². The molecule has 0 amide bonds. The Kier molecular flexibility index (Phi) is 4.15. The standard InChI is InChI=1S/C14H24O/c1-5-12(15)8-9-13-11(2)7-6-10-14(13,3)4/h7-9,12-13,15H,5-6,10H2,1-4H3/b9-8-/t12-,13+/m0/s1. The normalized spacial score (nSPS) is 27.8. The molecule has 0 aromatic rings. The molecule has 0 unspecified atom stereocenters. The predicted molar refractivity (Wildman–Crippen MR) is 65.7 cm³/mol. The van der Waals surface area contributed by atoms with Crippen LogP contribution < -0.4 is 0 Å². The Hall–Kier alpha value is -0.560. The summed E-state index contributed by atoms with van der Waals surface area (Å²) < 4.78 is 0. The molecule has 0 aromatic carbocycles. The molecule has 0 saturated heterocycles. The van der Waals surface area contributed by atoms with Crippen molar-refractivity contribution in [2.24, 2.45) is 11.3 Å². The third-order valence-corrected chi connectivity index (χ3v) is 3.53. The maximum atomic E-state index is 9.54. The van der Waals surface area contributed by atoms with E-state index in [0.717, 1.165) is 6.42 Å². The molecule has 0 saturated carbocycles. The first-order valence-electron chi connectivity index (χ1n) is 6.00. The molecule has 0 bridgehead atoms. The van der Waals surface area contributed by atoms with Gasteiger partial charge < -0.3 is 5.11 Å². The minimum atomic E-state index is -0.282. The van der Waals surface area contributed by atoms with Gasteiger partial charge in [0.2, 0.25) is 0 Å². The molecule has 15 heavy (non-hydrogen) atoms. The topological polar surface area (TPSA) is 20.2 Å². The van der Waals surface area contributed by atoms with Gasteiger partial charge in [0.1, 0.15) is 0 Å². The highest BCUT2D eigenvalue weighted by molar-refractivity contribution is 5.19. The monoisotopic (exact) mass is 208 g/mol. The lowest BCUT2D eigenvalue weighted by atomic mass is 9.68. The quantitative estimate of drug-likeness (QED) is 0.701. The zero-order valence-electron chi connectivity index (χ0n) is 10.5. The molecule has 0 spiro atoms. The van der Waals surface area contributed by atoms with Crippen molar-refractivity contribution in [2.45, 2.75) is 53.1 Å². The lowest BCUT2D eigenvalue weighted by Crippen LogP contribution is -2.26. The molecule has 1 nitrogen and oxygen atoms in total. The van der Waals surface area contributed by atoms with Gasteiger partial charge in [-0.25, -0.2) is 0 Å². The summed E-state index contributed by atoms with van der Waals surface area (Å²) in [4.78, 5) is 0. The Morgan fingerprint density at radius 3 is 2.80 bits per heavy atom. The van der Waals surface area contributed by atoms with E-state index in [-0.39, 0.29) is 6.10 Å². The second-order valence-corrected chi connectivity index (χ2v) is 5.31. The lowest BCUT2D eigenvalue weighted by Gasteiger charge is -2.36. The highest BCUT2D eigenvalue weighted by Crippen LogP contribution is 2.41. The molecule has 1 N–H and O–H groups in total. The van der Waals surface area contributed by atoms with Crippen molar-refractivity contribution >= 4 is 0 Å². The number of allylic oxidation sites excluding steroid dienone is 3. The summed E-state index contributed by atoms with van der Waals surface area (Å²) in [5.41, 5.74) is 1.79. The molecule has 1 rings (SSSR count). The molecule has 2 atom stereocenters. The van der Waals surface area contributed by atoms with Crippen LogP contribution in [0, 0.1) is 11.3 Å². The van der Waals surface area contributed by atoms with Gasteiger partial charge in [-0.3, -0.25) is 0 Å². The van der Waals surface area contributed by atoms with Gasteiger partial charge in [0, 0.05) is 5.92 Å². The van der Waals surface area contributed by atoms with Gasteiger partial charge in [0.25, 0.3) is 0 Å². The molecule has 0 fully saturated rings. The van der Waals surface area contributed by atoms with Crippen LogP contribution in [0.5, 0.6) is 0 Å². The van der Waals surface area contributed by atoms with Crippen LogP contribution in [0.1, 0.15) is 47.0 Å². The maximum Gasteiger partial charge on any atom is 0.0718 e. The van der Waals surface area contributed by atoms with Crippen LogP contribution in [0.15, 0.2) is 23.8 Å². The number of rotatable bonds is 3. The Morgan fingerprint density at radius 1 is 1.60 bits per heavy atom. The fraction of sp³-hybridized carbons (Fsp3) is 0.714. The molecule has 0 radical (unpaired) electrons. The SMILES string of the molecule is CC[C@H](O)/C=C\[C@@H]1C(C)=CCCC1(C)C. The first-order chi connectivity index (χ1) is 6.97. The van der Waals surface area contributed by atoms with E-state index < -0.39 is 0 Å². The minimum absolute atomic E-state index is 0.282. The van der Waals surface area contributed by atoms with Crippen molar-refractivity contribution in [3.63, 3.8) is 0 Å². The van der Waals surface area contributed by atoms with Gasteiger partial charge in [-0.15, -0.1) is 0 Å². The molecule has 1 aliphatic carbocycles. The Bertz CT molecular complexity index is 261. The highest BCUT2D eigenvalue weighted by atomic mass is 16.3. The van der Waals surface area contributed by atoms with Gasteiger partial charge in [0.15, 0.2) is 0 Å². The summed E-state index contributed by atoms with van der Waals surface area (Å²) in [6.07, 6.45) is 9.43. The van der Waals surface area contributed by atoms with E-state index in [1.54, 1.807) is 0 Å². The van der Waals surface area contributed by atoms with Crippen LogP contribution in [-0.4, -0.2) is 11.2 Å². The van der Waals surface area contributed by atoms with Gasteiger partial charge in [0.05, 0.1) is 6.10 Å². The third kappa shape index (κ3) is 3.20. The van der Waals surface area contributed by atoms with Crippen LogP contribution in [0.4, 0.5) is 0 Å². The van der Waals surface area contributed by atoms with Crippen molar-refractivity contribution in [3.05, 3.63) is 23.8 Å². The molecular formula is C14H24O. The minimum Gasteiger partial charge on any atom is -0.389 e. The van der Waals surface area contributed by atoms with Crippen molar-refractivity contribution in [1.29, 1.82) is 0 Å². The number of hydrogen-bond donors (Lipinski definition) is 1. The second kappa shape index (κ2) is 4.98. The van der Waals surface area contributed by atoms with Crippen LogP contribution in [0.3, 0.4) is 0 Å². The van der Waals surface area contributed by atoms with Gasteiger partial charge in [-0.2, -0.15) is 0 Å². The zero-order valence-corrected chi connectivity index (χ0v) is 10.5. The van der Waals surface area contributed by atoms with E-state index in [1.165, 1.54) is 18.4 Å². The van der Waals surface area contributed by atoms with Crippen molar-refractivity contribution in [3.8, 4) is 0 Å². The summed E-state index contributed by atoms with van der Waals surface area (Å²) in [6, 6.07) is 0. The molecule has 86 valence electrons. The Labute approximate surface area is 93.9 Å². The van der Waals surface area contributed by atoms with E-state index >= 15 is 0 Å². The predicted octanol–water partition coefficient (Wildman–Crippen LogP) is 3.70. The fourth-order valence-corrected chi connectivity index (χ4v) is 2.36. The first-order valence-corrected chi connectivity index (χ1v) is 6.00. The zero-order chi connectivity index (χ0) is 11.5. The van der Waals surface area contributed by atoms with E-state index in [9.17, 15) is 5.11 Å². The van der Waals surface area contributed by atoms with Crippen LogP contribution in [0.2, 0.25) is 0 Å². The van der Waals surface area contributed by atoms with Crippen molar-refractivity contribution in [2.75, 3.05) is 0 Å². The molecule has 0 aliphatic heterocycles. The molecule has 0 heterocycles. The van der Waals surface area contributed by atoms with Crippen molar-refractivity contribution < 1.29 is 5.11 Å². The fourth-order valence-electron chi connectivity index (χ4n) is 2.36. The average molecular weight is 208 g/mol. The van der Waals surface area contributed by atoms with E-state index in [4.69, 9.17) is 0 Å². The largest absolute Gasteiger partial charge is 0.389 e. The van der Waals surface area contributed by atoms with E-state index in [2.05, 4.69) is 32.9 Å². The molecular weight excluding hydrogens is 184 g/mol. The third-order valence-electron chi connectivity index (χ3n) is 3.53. The number of hydrogen-bond acceptors (Lipinski definition) is 1. The summed E-state index contributed by atoms with van der Waals surface area (Å²) in [6.45, 7) is 8.84. The second-order valence-electron chi connectivity index (χ2n) is 5.31. The van der Waals surface area contributed by atoms with Gasteiger partial charge in [-0.05, 0) is 31.6 Å².